The summed E-state index contributed by atoms with van der Waals surface area (Å²) in [5.74, 6) is 0. The fourth-order valence-electron chi connectivity index (χ4n) is 4.95. The molecule has 2 N–H and O–H groups in total. The summed E-state index contributed by atoms with van der Waals surface area (Å²) in [6, 6.07) is 11.6. The molecule has 0 amide bonds. The van der Waals surface area contributed by atoms with Crippen LogP contribution in [0, 0.1) is 0 Å². The lowest BCUT2D eigenvalue weighted by Gasteiger charge is -2.52. The van der Waals surface area contributed by atoms with Gasteiger partial charge in [-0.2, -0.15) is 0 Å². The number of nitrogens with two attached hydrogens (primary N) is 1. The first kappa shape index (κ1) is 17.9. The van der Waals surface area contributed by atoms with Gasteiger partial charge in [0, 0.05) is 37.8 Å². The van der Waals surface area contributed by atoms with Gasteiger partial charge in [0.2, 0.25) is 0 Å². The van der Waals surface area contributed by atoms with Crippen LogP contribution in [-0.2, 0) is 6.54 Å². The van der Waals surface area contributed by atoms with E-state index in [1.807, 2.05) is 0 Å². The Balaban J connectivity index is 1.62. The number of likely N-dealkylation sites (tertiary alicyclic amines) is 1. The molecule has 0 atom stereocenters. The molecule has 1 saturated heterocycles. The largest absolute Gasteiger partial charge is 0.329 e. The van der Waals surface area contributed by atoms with Gasteiger partial charge in [-0.1, -0.05) is 56.5 Å². The Kier molecular flexibility index (Phi) is 6.31. The van der Waals surface area contributed by atoms with Crippen molar-refractivity contribution < 1.29 is 0 Å². The molecule has 0 radical (unpaired) electrons. The van der Waals surface area contributed by atoms with E-state index in [4.69, 9.17) is 5.73 Å². The van der Waals surface area contributed by atoms with Crippen molar-refractivity contribution in [2.75, 3.05) is 26.2 Å². The van der Waals surface area contributed by atoms with E-state index in [-0.39, 0.29) is 5.54 Å². The highest BCUT2D eigenvalue weighted by Crippen LogP contribution is 2.34. The second-order valence-electron chi connectivity index (χ2n) is 7.77. The standard InChI is InChI=1S/C21H35N3/c1-2-24(20-11-7-4-8-12-20)21(18-22)13-15-23(16-14-21)17-19-9-5-3-6-10-19/h3,5-6,9-10,20H,2,4,7-8,11-18,22H2,1H3. The van der Waals surface area contributed by atoms with Crippen molar-refractivity contribution in [3.8, 4) is 0 Å². The molecule has 2 fully saturated rings. The number of rotatable bonds is 6. The van der Waals surface area contributed by atoms with E-state index in [9.17, 15) is 0 Å². The summed E-state index contributed by atoms with van der Waals surface area (Å²) < 4.78 is 0. The summed E-state index contributed by atoms with van der Waals surface area (Å²) in [5, 5.41) is 0. The molecule has 0 aromatic heterocycles. The highest BCUT2D eigenvalue weighted by molar-refractivity contribution is 5.14. The number of piperidine rings is 1. The molecule has 0 unspecified atom stereocenters. The fourth-order valence-corrected chi connectivity index (χ4v) is 4.95. The number of likely N-dealkylation sites (N-methyl/N-ethyl adjacent to an activating group) is 1. The summed E-state index contributed by atoms with van der Waals surface area (Å²) in [5.41, 5.74) is 8.03. The maximum absolute atomic E-state index is 6.36. The molecule has 0 spiro atoms. The molecule has 3 nitrogen and oxygen atoms in total. The van der Waals surface area contributed by atoms with E-state index < -0.39 is 0 Å². The molecule has 1 aliphatic heterocycles. The average molecular weight is 330 g/mol. The van der Waals surface area contributed by atoms with Crippen molar-refractivity contribution >= 4 is 0 Å². The van der Waals surface area contributed by atoms with E-state index in [1.165, 1.54) is 63.6 Å². The zero-order valence-electron chi connectivity index (χ0n) is 15.4. The van der Waals surface area contributed by atoms with Crippen molar-refractivity contribution in [3.05, 3.63) is 35.9 Å². The van der Waals surface area contributed by atoms with Crippen LogP contribution in [0.2, 0.25) is 0 Å². The van der Waals surface area contributed by atoms with Crippen LogP contribution in [0.4, 0.5) is 0 Å². The van der Waals surface area contributed by atoms with Gasteiger partial charge in [-0.3, -0.25) is 9.80 Å². The Morgan fingerprint density at radius 3 is 2.33 bits per heavy atom. The third kappa shape index (κ3) is 4.01. The molecule has 1 saturated carbocycles. The van der Waals surface area contributed by atoms with Gasteiger partial charge in [0.15, 0.2) is 0 Å². The van der Waals surface area contributed by atoms with Gasteiger partial charge < -0.3 is 5.73 Å². The number of benzene rings is 1. The van der Waals surface area contributed by atoms with Gasteiger partial charge in [0.1, 0.15) is 0 Å². The van der Waals surface area contributed by atoms with Crippen LogP contribution in [0.3, 0.4) is 0 Å². The molecular weight excluding hydrogens is 294 g/mol. The van der Waals surface area contributed by atoms with Gasteiger partial charge in [-0.05, 0) is 37.8 Å². The van der Waals surface area contributed by atoms with Crippen LogP contribution in [0.5, 0.6) is 0 Å². The lowest BCUT2D eigenvalue weighted by molar-refractivity contribution is -0.0121. The normalized spacial score (nSPS) is 22.8. The third-order valence-electron chi connectivity index (χ3n) is 6.38. The van der Waals surface area contributed by atoms with Crippen LogP contribution in [-0.4, -0.2) is 47.6 Å². The van der Waals surface area contributed by atoms with E-state index >= 15 is 0 Å². The fraction of sp³-hybridized carbons (Fsp3) is 0.714. The highest BCUT2D eigenvalue weighted by atomic mass is 15.3. The van der Waals surface area contributed by atoms with Crippen LogP contribution in [0.15, 0.2) is 30.3 Å². The molecule has 1 aromatic carbocycles. The van der Waals surface area contributed by atoms with Crippen molar-refractivity contribution in [1.82, 2.24) is 9.80 Å². The van der Waals surface area contributed by atoms with E-state index in [1.54, 1.807) is 0 Å². The molecule has 3 rings (SSSR count). The Morgan fingerprint density at radius 1 is 1.08 bits per heavy atom. The highest BCUT2D eigenvalue weighted by Gasteiger charge is 2.41. The molecule has 1 aromatic rings. The number of nitrogens with zero attached hydrogens (tertiary/aromatic N) is 2. The van der Waals surface area contributed by atoms with Crippen LogP contribution < -0.4 is 5.73 Å². The van der Waals surface area contributed by atoms with E-state index in [0.717, 1.165) is 25.7 Å². The molecule has 1 aliphatic carbocycles. The van der Waals surface area contributed by atoms with Gasteiger partial charge in [-0.25, -0.2) is 0 Å². The lowest BCUT2D eigenvalue weighted by atomic mass is 9.81. The predicted octanol–water partition coefficient (Wildman–Crippen LogP) is 3.63. The molecule has 3 heteroatoms. The first-order valence-electron chi connectivity index (χ1n) is 10.0. The van der Waals surface area contributed by atoms with Gasteiger partial charge in [0.05, 0.1) is 0 Å². The quantitative estimate of drug-likeness (QED) is 0.865. The zero-order chi connectivity index (χ0) is 16.8. The Labute approximate surface area is 148 Å². The number of hydrogen-bond acceptors (Lipinski definition) is 3. The second kappa shape index (κ2) is 8.46. The second-order valence-corrected chi connectivity index (χ2v) is 7.77. The summed E-state index contributed by atoms with van der Waals surface area (Å²) in [4.78, 5) is 5.41. The molecular formula is C21H35N3. The topological polar surface area (TPSA) is 32.5 Å². The van der Waals surface area contributed by atoms with E-state index in [0.29, 0.717) is 0 Å². The average Bonchev–Trinajstić information content (AvgIpc) is 2.65. The Morgan fingerprint density at radius 2 is 1.75 bits per heavy atom. The summed E-state index contributed by atoms with van der Waals surface area (Å²) >= 11 is 0. The SMILES string of the molecule is CCN(C1CCCCC1)C1(CN)CCN(Cc2ccccc2)CC1. The number of hydrogen-bond donors (Lipinski definition) is 1. The summed E-state index contributed by atoms with van der Waals surface area (Å²) in [6.07, 6.45) is 9.44. The van der Waals surface area contributed by atoms with Crippen LogP contribution >= 0.6 is 0 Å². The summed E-state index contributed by atoms with van der Waals surface area (Å²) in [7, 11) is 0. The van der Waals surface area contributed by atoms with Gasteiger partial charge >= 0.3 is 0 Å². The maximum Gasteiger partial charge on any atom is 0.0358 e. The minimum atomic E-state index is 0.240. The van der Waals surface area contributed by atoms with E-state index in [2.05, 4.69) is 47.1 Å². The minimum absolute atomic E-state index is 0.240. The molecule has 1 heterocycles. The van der Waals surface area contributed by atoms with Gasteiger partial charge in [-0.15, -0.1) is 0 Å². The maximum atomic E-state index is 6.36. The van der Waals surface area contributed by atoms with Crippen molar-refractivity contribution in [2.24, 2.45) is 5.73 Å². The molecule has 134 valence electrons. The zero-order valence-corrected chi connectivity index (χ0v) is 15.4. The van der Waals surface area contributed by atoms with Crippen molar-refractivity contribution in [2.45, 2.75) is 70.0 Å². The van der Waals surface area contributed by atoms with Crippen molar-refractivity contribution in [1.29, 1.82) is 0 Å². The van der Waals surface area contributed by atoms with Crippen molar-refractivity contribution in [3.63, 3.8) is 0 Å². The molecule has 2 aliphatic rings. The van der Waals surface area contributed by atoms with Gasteiger partial charge in [0.25, 0.3) is 0 Å². The first-order chi connectivity index (χ1) is 11.8. The smallest absolute Gasteiger partial charge is 0.0358 e. The van der Waals surface area contributed by atoms with Crippen LogP contribution in [0.1, 0.15) is 57.4 Å². The van der Waals surface area contributed by atoms with Crippen LogP contribution in [0.25, 0.3) is 0 Å². The first-order valence-corrected chi connectivity index (χ1v) is 10.0. The monoisotopic (exact) mass is 329 g/mol. The Bertz CT molecular complexity index is 473. The lowest BCUT2D eigenvalue weighted by Crippen LogP contribution is -2.62. The minimum Gasteiger partial charge on any atom is -0.329 e. The predicted molar refractivity (Wildman–Crippen MR) is 102 cm³/mol. The third-order valence-corrected chi connectivity index (χ3v) is 6.38. The molecule has 24 heavy (non-hydrogen) atoms. The Hall–Kier alpha value is -0.900. The summed E-state index contributed by atoms with van der Waals surface area (Å²) in [6.45, 7) is 7.74. The molecule has 0 bridgehead atoms.